The van der Waals surface area contributed by atoms with Crippen molar-refractivity contribution >= 4 is 40.8 Å². The number of ether oxygens (including phenoxy) is 7. The topological polar surface area (TPSA) is 292 Å². The Morgan fingerprint density at radius 2 is 1.23 bits per heavy atom. The number of hydrogen-bond acceptors (Lipinski definition) is 18. The average Bonchev–Trinajstić information content (AvgIpc) is 3.53. The lowest BCUT2D eigenvalue weighted by Crippen LogP contribution is -2.47. The summed E-state index contributed by atoms with van der Waals surface area (Å²) in [5.74, 6) is -3.17. The molecule has 60 heavy (non-hydrogen) atoms. The Balaban J connectivity index is 2.02. The fraction of sp³-hybridized carbons (Fsp3) is 0.432. The number of carbonyl (C=O) groups is 3. The van der Waals surface area contributed by atoms with Crippen LogP contribution in [0, 0.1) is 47.4 Å². The normalized spacial score (nSPS) is 16.6. The van der Waals surface area contributed by atoms with E-state index in [0.717, 1.165) is 29.2 Å². The number of nitrogens with zero attached hydrogens (tertiary/aromatic N) is 5. The Morgan fingerprint density at radius 3 is 1.63 bits per heavy atom. The predicted octanol–water partition coefficient (Wildman–Crippen LogP) is 6.19. The second kappa shape index (κ2) is 18.6. The molecule has 1 aliphatic rings. The van der Waals surface area contributed by atoms with E-state index < -0.39 is 108 Å². The molecule has 1 aliphatic heterocycles. The fourth-order valence-corrected chi connectivity index (χ4v) is 6.65. The van der Waals surface area contributed by atoms with Crippen LogP contribution in [-0.2, 0) is 18.9 Å². The van der Waals surface area contributed by atoms with Gasteiger partial charge in [0.1, 0.15) is 11.4 Å². The molecule has 0 aliphatic carbocycles. The Bertz CT molecular complexity index is 2140. The summed E-state index contributed by atoms with van der Waals surface area (Å²) in [5, 5.41) is 46.8. The molecule has 1 saturated heterocycles. The predicted molar refractivity (Wildman–Crippen MR) is 204 cm³/mol. The molecule has 0 bridgehead atoms. The molecular weight excluding hydrogens is 802 g/mol. The average molecular weight is 844 g/mol. The molecule has 322 valence electrons. The minimum absolute atomic E-state index is 0.0940. The number of non-ortho nitro benzene ring substituents is 4. The van der Waals surface area contributed by atoms with Gasteiger partial charge in [-0.15, -0.1) is 0 Å². The van der Waals surface area contributed by atoms with Gasteiger partial charge in [0.2, 0.25) is 0 Å². The standard InChI is InChI=1S/C37H41N5O18/c1-9-26(27-16-28(55-7)19(2)31(56-8)32(27)57-18-54-6)30-33(59-35(44)21-12-24(41(50)51)15-25(13-21)42(52)53)29(17-38(30)36(45)60-37(3,4)5)58-34(43)20-10-22(39(46)47)14-23(11-20)40(48)49/h10-16,26,29-30,33H,9,17-18H2,1-8H3/t26-,29-,30+,33-/m1/s1. The first-order valence-corrected chi connectivity index (χ1v) is 17.8. The minimum atomic E-state index is -1.76. The fourth-order valence-electron chi connectivity index (χ4n) is 6.65. The van der Waals surface area contributed by atoms with E-state index in [-0.39, 0.29) is 24.7 Å². The van der Waals surface area contributed by atoms with Crippen molar-refractivity contribution < 1.29 is 67.2 Å². The first-order valence-electron chi connectivity index (χ1n) is 17.8. The van der Waals surface area contributed by atoms with E-state index >= 15 is 0 Å². The summed E-state index contributed by atoms with van der Waals surface area (Å²) < 4.78 is 40.0. The third-order valence-corrected chi connectivity index (χ3v) is 9.15. The van der Waals surface area contributed by atoms with Crippen LogP contribution in [0.4, 0.5) is 27.5 Å². The number of nitro benzene ring substituents is 4. The first kappa shape index (κ1) is 45.5. The van der Waals surface area contributed by atoms with Crippen molar-refractivity contribution in [2.45, 2.75) is 70.8 Å². The second-order valence-corrected chi connectivity index (χ2v) is 14.2. The van der Waals surface area contributed by atoms with Crippen LogP contribution in [0.1, 0.15) is 71.9 Å². The molecule has 4 rings (SSSR count). The molecular formula is C37H41N5O18. The van der Waals surface area contributed by atoms with Gasteiger partial charge in [-0.05, 0) is 40.2 Å². The second-order valence-electron chi connectivity index (χ2n) is 14.2. The summed E-state index contributed by atoms with van der Waals surface area (Å²) in [6.07, 6.45) is -4.37. The molecule has 0 spiro atoms. The van der Waals surface area contributed by atoms with Crippen molar-refractivity contribution in [3.05, 3.63) is 105 Å². The quantitative estimate of drug-likeness (QED) is 0.0510. The molecule has 23 nitrogen and oxygen atoms in total. The number of methoxy groups -OCH3 is 3. The van der Waals surface area contributed by atoms with Gasteiger partial charge in [-0.3, -0.25) is 45.4 Å². The van der Waals surface area contributed by atoms with Crippen molar-refractivity contribution in [2.24, 2.45) is 0 Å². The maximum atomic E-state index is 14.2. The summed E-state index contributed by atoms with van der Waals surface area (Å²) in [5.41, 5.74) is -5.00. The van der Waals surface area contributed by atoms with Crippen molar-refractivity contribution in [2.75, 3.05) is 34.7 Å². The van der Waals surface area contributed by atoms with Crippen LogP contribution in [0.5, 0.6) is 17.2 Å². The van der Waals surface area contributed by atoms with Gasteiger partial charge in [0.15, 0.2) is 30.5 Å². The molecule has 23 heteroatoms. The van der Waals surface area contributed by atoms with Crippen LogP contribution >= 0.6 is 0 Å². The van der Waals surface area contributed by atoms with Gasteiger partial charge >= 0.3 is 18.0 Å². The first-order chi connectivity index (χ1) is 28.1. The zero-order valence-electron chi connectivity index (χ0n) is 33.6. The van der Waals surface area contributed by atoms with E-state index in [1.165, 1.54) is 21.3 Å². The Labute approximate surface area is 340 Å². The smallest absolute Gasteiger partial charge is 0.410 e. The number of hydrogen-bond donors (Lipinski definition) is 0. The Morgan fingerprint density at radius 1 is 0.750 bits per heavy atom. The monoisotopic (exact) mass is 843 g/mol. The molecule has 0 N–H and O–H groups in total. The summed E-state index contributed by atoms with van der Waals surface area (Å²) in [4.78, 5) is 86.1. The van der Waals surface area contributed by atoms with Crippen molar-refractivity contribution in [1.82, 2.24) is 4.90 Å². The summed E-state index contributed by atoms with van der Waals surface area (Å²) >= 11 is 0. The lowest BCUT2D eigenvalue weighted by Gasteiger charge is -2.36. The van der Waals surface area contributed by atoms with Gasteiger partial charge in [-0.2, -0.15) is 0 Å². The maximum absolute atomic E-state index is 14.2. The molecule has 0 unspecified atom stereocenters. The number of amides is 1. The minimum Gasteiger partial charge on any atom is -0.496 e. The zero-order chi connectivity index (χ0) is 44.8. The third kappa shape index (κ3) is 10.1. The highest BCUT2D eigenvalue weighted by molar-refractivity contribution is 5.92. The van der Waals surface area contributed by atoms with E-state index in [1.54, 1.807) is 40.7 Å². The highest BCUT2D eigenvalue weighted by atomic mass is 16.7. The van der Waals surface area contributed by atoms with Crippen LogP contribution < -0.4 is 14.2 Å². The van der Waals surface area contributed by atoms with Gasteiger partial charge in [-0.25, -0.2) is 14.4 Å². The Kier molecular flexibility index (Phi) is 14.1. The van der Waals surface area contributed by atoms with Crippen molar-refractivity contribution in [3.8, 4) is 17.2 Å². The number of nitro groups is 4. The number of rotatable bonds is 16. The van der Waals surface area contributed by atoms with Crippen LogP contribution in [0.3, 0.4) is 0 Å². The Hall–Kier alpha value is -7.17. The van der Waals surface area contributed by atoms with Gasteiger partial charge in [0, 0.05) is 48.4 Å². The van der Waals surface area contributed by atoms with Crippen LogP contribution in [0.25, 0.3) is 0 Å². The van der Waals surface area contributed by atoms with E-state index in [0.29, 0.717) is 29.0 Å². The van der Waals surface area contributed by atoms with Gasteiger partial charge in [0.05, 0.1) is 69.8 Å². The SMILES string of the molecule is CC[C@H](c1cc(OC)c(C)c(OC)c1OCOC)[C@H]1[C@H](OC(=O)c2cc([N+](=O)[O-])cc([N+](=O)[O-])c2)[C@H](OC(=O)c2cc([N+](=O)[O-])cc([N+](=O)[O-])c2)CN1C(=O)OC(C)(C)C. The largest absolute Gasteiger partial charge is 0.496 e. The van der Waals surface area contributed by atoms with E-state index in [9.17, 15) is 54.8 Å². The summed E-state index contributed by atoms with van der Waals surface area (Å²) in [7, 11) is 4.12. The van der Waals surface area contributed by atoms with Crippen LogP contribution in [0.2, 0.25) is 0 Å². The molecule has 4 atom stereocenters. The highest BCUT2D eigenvalue weighted by Gasteiger charge is 2.54. The molecule has 1 amide bonds. The van der Waals surface area contributed by atoms with Gasteiger partial charge < -0.3 is 33.2 Å². The van der Waals surface area contributed by atoms with Crippen LogP contribution in [-0.4, -0.2) is 101 Å². The summed E-state index contributed by atoms with van der Waals surface area (Å²) in [6, 6.07) is 4.29. The van der Waals surface area contributed by atoms with Gasteiger partial charge in [0.25, 0.3) is 22.7 Å². The third-order valence-electron chi connectivity index (χ3n) is 9.15. The number of carbonyl (C=O) groups excluding carboxylic acids is 3. The number of esters is 2. The van der Waals surface area contributed by atoms with Gasteiger partial charge in [-0.1, -0.05) is 6.92 Å². The van der Waals surface area contributed by atoms with E-state index in [2.05, 4.69) is 0 Å². The molecule has 1 fully saturated rings. The van der Waals surface area contributed by atoms with Crippen molar-refractivity contribution in [3.63, 3.8) is 0 Å². The molecule has 3 aromatic rings. The lowest BCUT2D eigenvalue weighted by molar-refractivity contribution is -0.394. The van der Waals surface area contributed by atoms with E-state index in [1.807, 2.05) is 0 Å². The molecule has 0 saturated carbocycles. The molecule has 0 aromatic heterocycles. The molecule has 0 radical (unpaired) electrons. The maximum Gasteiger partial charge on any atom is 0.410 e. The zero-order valence-corrected chi connectivity index (χ0v) is 33.6. The van der Waals surface area contributed by atoms with E-state index in [4.69, 9.17) is 33.2 Å². The molecule has 1 heterocycles. The van der Waals surface area contributed by atoms with Crippen LogP contribution in [0.15, 0.2) is 42.5 Å². The highest BCUT2D eigenvalue weighted by Crippen LogP contribution is 2.48. The molecule has 3 aromatic carbocycles. The number of benzene rings is 3. The lowest BCUT2D eigenvalue weighted by atomic mass is 9.84. The summed E-state index contributed by atoms with van der Waals surface area (Å²) in [6.45, 7) is 7.19. The number of likely N-dealkylation sites (tertiary alicyclic amines) is 1. The van der Waals surface area contributed by atoms with Crippen molar-refractivity contribution in [1.29, 1.82) is 0 Å².